The average molecular weight is 273 g/mol. The number of aromatic nitrogens is 2. The molecule has 7 heteroatoms. The molecule has 0 spiro atoms. The van der Waals surface area contributed by atoms with E-state index in [2.05, 4.69) is 20.5 Å². The van der Waals surface area contributed by atoms with Gasteiger partial charge in [0.15, 0.2) is 0 Å². The summed E-state index contributed by atoms with van der Waals surface area (Å²) in [6.07, 6.45) is 5.38. The Balaban J connectivity index is 1.69. The van der Waals surface area contributed by atoms with Crippen LogP contribution >= 0.6 is 0 Å². The Morgan fingerprint density at radius 2 is 2.15 bits per heavy atom. The van der Waals surface area contributed by atoms with Gasteiger partial charge >= 0.3 is 0 Å². The maximum atomic E-state index is 12.3. The van der Waals surface area contributed by atoms with Crippen LogP contribution in [0.5, 0.6) is 0 Å². The van der Waals surface area contributed by atoms with E-state index in [9.17, 15) is 9.59 Å². The van der Waals surface area contributed by atoms with E-state index in [1.54, 1.807) is 23.4 Å². The molecule has 1 atom stereocenters. The van der Waals surface area contributed by atoms with Crippen molar-refractivity contribution in [3.05, 3.63) is 24.3 Å². The molecule has 1 aromatic rings. The molecule has 1 unspecified atom stereocenters. The molecule has 20 heavy (non-hydrogen) atoms. The van der Waals surface area contributed by atoms with Crippen molar-refractivity contribution in [2.75, 3.05) is 13.1 Å². The summed E-state index contributed by atoms with van der Waals surface area (Å²) in [5, 5.41) is 3.78. The van der Waals surface area contributed by atoms with E-state index in [1.165, 1.54) is 0 Å². The number of likely N-dealkylation sites (tertiary alicyclic amines) is 1. The first-order chi connectivity index (χ1) is 9.74. The summed E-state index contributed by atoms with van der Waals surface area (Å²) < 4.78 is 0. The number of hydrogen-bond donors (Lipinski definition) is 1. The van der Waals surface area contributed by atoms with E-state index >= 15 is 0 Å². The Morgan fingerprint density at radius 1 is 1.35 bits per heavy atom. The maximum absolute atomic E-state index is 12.3. The van der Waals surface area contributed by atoms with Gasteiger partial charge in [0.2, 0.25) is 5.91 Å². The number of hydrogen-bond acceptors (Lipinski definition) is 5. The molecule has 0 aromatic carbocycles. The fourth-order valence-corrected chi connectivity index (χ4v) is 2.56. The maximum Gasteiger partial charge on any atom is 0.270 e. The highest BCUT2D eigenvalue weighted by atomic mass is 16.2. The monoisotopic (exact) mass is 273 g/mol. The first kappa shape index (κ1) is 12.7. The van der Waals surface area contributed by atoms with Gasteiger partial charge in [-0.2, -0.15) is 5.10 Å². The van der Waals surface area contributed by atoms with Crippen LogP contribution < -0.4 is 5.43 Å². The molecule has 2 aliphatic rings. The quantitative estimate of drug-likeness (QED) is 0.825. The Morgan fingerprint density at radius 3 is 2.85 bits per heavy atom. The van der Waals surface area contributed by atoms with E-state index in [0.29, 0.717) is 18.8 Å². The second-order valence-electron chi connectivity index (χ2n) is 4.97. The SMILES string of the molecule is O=C1CC(C(=O)N2CCCC(c3ncccn3)C2)=NN1. The lowest BCUT2D eigenvalue weighted by atomic mass is 9.96. The predicted molar refractivity (Wildman–Crippen MR) is 70.8 cm³/mol. The summed E-state index contributed by atoms with van der Waals surface area (Å²) in [6, 6.07) is 1.78. The summed E-state index contributed by atoms with van der Waals surface area (Å²) in [6.45, 7) is 1.27. The molecule has 1 N–H and O–H groups in total. The minimum Gasteiger partial charge on any atom is -0.337 e. The lowest BCUT2D eigenvalue weighted by Gasteiger charge is -2.31. The molecule has 104 valence electrons. The van der Waals surface area contributed by atoms with Crippen molar-refractivity contribution in [2.24, 2.45) is 5.10 Å². The topological polar surface area (TPSA) is 87.6 Å². The Kier molecular flexibility index (Phi) is 3.41. The van der Waals surface area contributed by atoms with Crippen LogP contribution in [-0.4, -0.2) is 45.5 Å². The summed E-state index contributed by atoms with van der Waals surface area (Å²) >= 11 is 0. The van der Waals surface area contributed by atoms with E-state index < -0.39 is 0 Å². The second kappa shape index (κ2) is 5.36. The molecule has 0 bridgehead atoms. The normalized spacial score (nSPS) is 22.4. The van der Waals surface area contributed by atoms with Crippen LogP contribution in [0, 0.1) is 0 Å². The van der Waals surface area contributed by atoms with Gasteiger partial charge in [0.05, 0.1) is 6.42 Å². The van der Waals surface area contributed by atoms with Crippen LogP contribution in [0.1, 0.15) is 31.0 Å². The van der Waals surface area contributed by atoms with Gasteiger partial charge in [-0.3, -0.25) is 9.59 Å². The van der Waals surface area contributed by atoms with Gasteiger partial charge in [-0.15, -0.1) is 0 Å². The number of carbonyl (C=O) groups is 2. The second-order valence-corrected chi connectivity index (χ2v) is 4.97. The molecule has 7 nitrogen and oxygen atoms in total. The molecule has 1 aromatic heterocycles. The summed E-state index contributed by atoms with van der Waals surface area (Å²) in [4.78, 5) is 33.7. The van der Waals surface area contributed by atoms with Gasteiger partial charge in [0.1, 0.15) is 11.5 Å². The zero-order valence-corrected chi connectivity index (χ0v) is 11.0. The largest absolute Gasteiger partial charge is 0.337 e. The van der Waals surface area contributed by atoms with Crippen molar-refractivity contribution in [2.45, 2.75) is 25.2 Å². The average Bonchev–Trinajstić information content (AvgIpc) is 2.94. The minimum atomic E-state index is -0.228. The molecule has 0 aliphatic carbocycles. The lowest BCUT2D eigenvalue weighted by molar-refractivity contribution is -0.126. The third kappa shape index (κ3) is 2.52. The molecule has 1 saturated heterocycles. The van der Waals surface area contributed by atoms with Crippen LogP contribution in [0.25, 0.3) is 0 Å². The first-order valence-electron chi connectivity index (χ1n) is 6.65. The Hall–Kier alpha value is -2.31. The number of nitrogens with one attached hydrogen (secondary N) is 1. The third-order valence-electron chi connectivity index (χ3n) is 3.55. The molecule has 2 aliphatic heterocycles. The smallest absolute Gasteiger partial charge is 0.270 e. The Labute approximate surface area is 116 Å². The summed E-state index contributed by atoms with van der Waals surface area (Å²) in [5.41, 5.74) is 2.61. The van der Waals surface area contributed by atoms with Crippen molar-refractivity contribution in [3.8, 4) is 0 Å². The fraction of sp³-hybridized carbons (Fsp3) is 0.462. The number of hydrazone groups is 1. The molecule has 3 heterocycles. The number of rotatable bonds is 2. The van der Waals surface area contributed by atoms with Crippen molar-refractivity contribution in [3.63, 3.8) is 0 Å². The first-order valence-corrected chi connectivity index (χ1v) is 6.65. The van der Waals surface area contributed by atoms with E-state index in [1.807, 2.05) is 0 Å². The predicted octanol–water partition coefficient (Wildman–Crippen LogP) is 0.0585. The highest BCUT2D eigenvalue weighted by Gasteiger charge is 2.31. The number of piperidine rings is 1. The molecule has 3 rings (SSSR count). The summed E-state index contributed by atoms with van der Waals surface area (Å²) in [5.74, 6) is 0.532. The zero-order valence-electron chi connectivity index (χ0n) is 11.0. The van der Waals surface area contributed by atoms with Crippen molar-refractivity contribution < 1.29 is 9.59 Å². The number of amides is 2. The molecule has 1 fully saturated rings. The van der Waals surface area contributed by atoms with Crippen molar-refractivity contribution >= 4 is 17.5 Å². The van der Waals surface area contributed by atoms with Gasteiger partial charge in [-0.25, -0.2) is 15.4 Å². The van der Waals surface area contributed by atoms with Crippen LogP contribution in [0.4, 0.5) is 0 Å². The highest BCUT2D eigenvalue weighted by Crippen LogP contribution is 2.24. The fourth-order valence-electron chi connectivity index (χ4n) is 2.56. The lowest BCUT2D eigenvalue weighted by Crippen LogP contribution is -2.42. The van der Waals surface area contributed by atoms with Gasteiger partial charge in [-0.05, 0) is 18.9 Å². The van der Waals surface area contributed by atoms with Crippen LogP contribution in [0.3, 0.4) is 0 Å². The van der Waals surface area contributed by atoms with E-state index in [-0.39, 0.29) is 24.2 Å². The van der Waals surface area contributed by atoms with Crippen molar-refractivity contribution in [1.29, 1.82) is 0 Å². The van der Waals surface area contributed by atoms with Crippen LogP contribution in [0.15, 0.2) is 23.6 Å². The molecular formula is C13H15N5O2. The number of carbonyl (C=O) groups excluding carboxylic acids is 2. The molecule has 0 saturated carbocycles. The minimum absolute atomic E-state index is 0.0713. The summed E-state index contributed by atoms with van der Waals surface area (Å²) in [7, 11) is 0. The Bertz CT molecular complexity index is 557. The van der Waals surface area contributed by atoms with Gasteiger partial charge in [0.25, 0.3) is 5.91 Å². The van der Waals surface area contributed by atoms with Crippen LogP contribution in [0.2, 0.25) is 0 Å². The van der Waals surface area contributed by atoms with E-state index in [4.69, 9.17) is 0 Å². The number of nitrogens with zero attached hydrogens (tertiary/aromatic N) is 4. The van der Waals surface area contributed by atoms with E-state index in [0.717, 1.165) is 18.7 Å². The molecule has 0 radical (unpaired) electrons. The molecular weight excluding hydrogens is 258 g/mol. The molecule has 2 amide bonds. The zero-order chi connectivity index (χ0) is 13.9. The van der Waals surface area contributed by atoms with Crippen LogP contribution in [-0.2, 0) is 9.59 Å². The highest BCUT2D eigenvalue weighted by molar-refractivity contribution is 6.43. The van der Waals surface area contributed by atoms with Gasteiger partial charge < -0.3 is 4.90 Å². The van der Waals surface area contributed by atoms with Gasteiger partial charge in [0, 0.05) is 31.4 Å². The standard InChI is InChI=1S/C13H15N5O2/c19-11-7-10(16-17-11)13(20)18-6-1-3-9(8-18)12-14-4-2-5-15-12/h2,4-5,9H,1,3,6-8H2,(H,17,19). The van der Waals surface area contributed by atoms with Crippen molar-refractivity contribution in [1.82, 2.24) is 20.3 Å². The third-order valence-corrected chi connectivity index (χ3v) is 3.55. The van der Waals surface area contributed by atoms with Gasteiger partial charge in [-0.1, -0.05) is 0 Å².